The predicted molar refractivity (Wildman–Crippen MR) is 33.5 cm³/mol. The van der Waals surface area contributed by atoms with Gasteiger partial charge in [0, 0.05) is 0 Å². The quantitative estimate of drug-likeness (QED) is 0.434. The van der Waals surface area contributed by atoms with Crippen LogP contribution in [0.5, 0.6) is 0 Å². The fourth-order valence-electron chi connectivity index (χ4n) is 1.51. The minimum Gasteiger partial charge on any atom is -0.388 e. The zero-order chi connectivity index (χ0) is 7.14. The van der Waals surface area contributed by atoms with E-state index < -0.39 is 6.10 Å². The van der Waals surface area contributed by atoms with E-state index in [1.54, 1.807) is 0 Å². The molecule has 0 aromatic carbocycles. The third-order valence-electron chi connectivity index (χ3n) is 2.07. The Hall–Kier alpha value is -0.160. The highest BCUT2D eigenvalue weighted by Gasteiger charge is 2.45. The maximum atomic E-state index is 9.21. The van der Waals surface area contributed by atoms with Crippen LogP contribution in [0, 0.1) is 0 Å². The van der Waals surface area contributed by atoms with Crippen LogP contribution < -0.4 is 5.73 Å². The molecule has 0 aromatic heterocycles. The van der Waals surface area contributed by atoms with Gasteiger partial charge in [0.1, 0.15) is 18.3 Å². The Morgan fingerprint density at radius 3 is 2.60 bits per heavy atom. The van der Waals surface area contributed by atoms with E-state index in [1.807, 2.05) is 0 Å². The first-order valence-electron chi connectivity index (χ1n) is 3.46. The smallest absolute Gasteiger partial charge is 0.113 e. The molecule has 0 saturated carbocycles. The van der Waals surface area contributed by atoms with E-state index in [0.717, 1.165) is 0 Å². The maximum absolute atomic E-state index is 9.21. The third kappa shape index (κ3) is 0.769. The first kappa shape index (κ1) is 6.54. The van der Waals surface area contributed by atoms with E-state index in [9.17, 15) is 5.11 Å². The Bertz CT molecular complexity index is 125. The van der Waals surface area contributed by atoms with Gasteiger partial charge in [-0.1, -0.05) is 0 Å². The lowest BCUT2D eigenvalue weighted by atomic mass is 10.1. The van der Waals surface area contributed by atoms with Gasteiger partial charge in [0.05, 0.1) is 19.3 Å². The summed E-state index contributed by atoms with van der Waals surface area (Å²) in [5, 5.41) is 9.21. The monoisotopic (exact) mass is 145 g/mol. The summed E-state index contributed by atoms with van der Waals surface area (Å²) in [6, 6.07) is -0.0536. The van der Waals surface area contributed by atoms with E-state index in [1.165, 1.54) is 0 Å². The molecule has 2 aliphatic rings. The summed E-state index contributed by atoms with van der Waals surface area (Å²) in [6.07, 6.45) is -0.719. The van der Waals surface area contributed by atoms with Crippen LogP contribution in [0.25, 0.3) is 0 Å². The molecule has 0 spiro atoms. The summed E-state index contributed by atoms with van der Waals surface area (Å²) >= 11 is 0. The second-order valence-electron chi connectivity index (χ2n) is 2.83. The van der Waals surface area contributed by atoms with E-state index in [2.05, 4.69) is 0 Å². The van der Waals surface area contributed by atoms with Crippen molar-refractivity contribution in [1.82, 2.24) is 0 Å². The van der Waals surface area contributed by atoms with Crippen molar-refractivity contribution in [2.24, 2.45) is 5.73 Å². The molecule has 0 radical (unpaired) electrons. The molecule has 2 rings (SSSR count). The molecule has 0 aromatic rings. The molecule has 4 nitrogen and oxygen atoms in total. The Labute approximate surface area is 58.9 Å². The molecule has 0 bridgehead atoms. The number of aliphatic hydroxyl groups excluding tert-OH is 1. The van der Waals surface area contributed by atoms with Gasteiger partial charge in [-0.2, -0.15) is 0 Å². The highest BCUT2D eigenvalue weighted by Crippen LogP contribution is 2.25. The maximum Gasteiger partial charge on any atom is 0.113 e. The molecule has 4 atom stereocenters. The van der Waals surface area contributed by atoms with Crippen molar-refractivity contribution in [2.45, 2.75) is 24.4 Å². The Kier molecular flexibility index (Phi) is 1.42. The lowest BCUT2D eigenvalue weighted by molar-refractivity contribution is 0.0182. The molecule has 2 aliphatic heterocycles. The van der Waals surface area contributed by atoms with Gasteiger partial charge in [-0.15, -0.1) is 0 Å². The fourth-order valence-corrected chi connectivity index (χ4v) is 1.51. The highest BCUT2D eigenvalue weighted by atomic mass is 16.6. The first-order chi connectivity index (χ1) is 4.79. The molecule has 2 fully saturated rings. The zero-order valence-corrected chi connectivity index (χ0v) is 5.56. The van der Waals surface area contributed by atoms with E-state index in [0.29, 0.717) is 13.2 Å². The summed E-state index contributed by atoms with van der Waals surface area (Å²) in [7, 11) is 0. The number of hydrogen-bond donors (Lipinski definition) is 2. The topological polar surface area (TPSA) is 64.7 Å². The predicted octanol–water partition coefficient (Wildman–Crippen LogP) is -1.53. The van der Waals surface area contributed by atoms with Crippen LogP contribution in [-0.4, -0.2) is 42.7 Å². The van der Waals surface area contributed by atoms with Crippen molar-refractivity contribution < 1.29 is 14.6 Å². The number of nitrogens with two attached hydrogens (primary N) is 1. The normalized spacial score (nSPS) is 53.4. The van der Waals surface area contributed by atoms with Gasteiger partial charge < -0.3 is 20.3 Å². The van der Waals surface area contributed by atoms with Crippen molar-refractivity contribution in [3.05, 3.63) is 0 Å². The molecule has 10 heavy (non-hydrogen) atoms. The van der Waals surface area contributed by atoms with Crippen LogP contribution in [0.4, 0.5) is 0 Å². The van der Waals surface area contributed by atoms with Crippen molar-refractivity contribution >= 4 is 0 Å². The lowest BCUT2D eigenvalue weighted by Gasteiger charge is -2.10. The van der Waals surface area contributed by atoms with Gasteiger partial charge in [-0.3, -0.25) is 0 Å². The van der Waals surface area contributed by atoms with Crippen LogP contribution in [0.2, 0.25) is 0 Å². The van der Waals surface area contributed by atoms with Crippen LogP contribution >= 0.6 is 0 Å². The molecular formula is C6H11NO3. The summed E-state index contributed by atoms with van der Waals surface area (Å²) in [5.74, 6) is 0. The van der Waals surface area contributed by atoms with Crippen LogP contribution in [0.3, 0.4) is 0 Å². The molecule has 0 amide bonds. The average Bonchev–Trinajstić information content (AvgIpc) is 2.41. The largest absolute Gasteiger partial charge is 0.388 e. The molecule has 0 unspecified atom stereocenters. The van der Waals surface area contributed by atoms with Gasteiger partial charge >= 0.3 is 0 Å². The third-order valence-corrected chi connectivity index (χ3v) is 2.07. The molecule has 0 aliphatic carbocycles. The van der Waals surface area contributed by atoms with E-state index in [-0.39, 0.29) is 18.2 Å². The Morgan fingerprint density at radius 1 is 1.20 bits per heavy atom. The van der Waals surface area contributed by atoms with Crippen LogP contribution in [0.15, 0.2) is 0 Å². The van der Waals surface area contributed by atoms with Gasteiger partial charge in [-0.05, 0) is 0 Å². The van der Waals surface area contributed by atoms with Crippen molar-refractivity contribution in [2.75, 3.05) is 13.2 Å². The number of hydrogen-bond acceptors (Lipinski definition) is 4. The zero-order valence-electron chi connectivity index (χ0n) is 5.56. The minimum absolute atomic E-state index is 0.0536. The number of ether oxygens (including phenoxy) is 2. The van der Waals surface area contributed by atoms with E-state index >= 15 is 0 Å². The van der Waals surface area contributed by atoms with Gasteiger partial charge in [0.25, 0.3) is 0 Å². The molecule has 58 valence electrons. The lowest BCUT2D eigenvalue weighted by Crippen LogP contribution is -2.36. The van der Waals surface area contributed by atoms with Gasteiger partial charge in [0.2, 0.25) is 0 Å². The molecule has 2 heterocycles. The van der Waals surface area contributed by atoms with Crippen molar-refractivity contribution in [1.29, 1.82) is 0 Å². The second kappa shape index (κ2) is 2.17. The number of fused-ring (bicyclic) bond motifs is 1. The van der Waals surface area contributed by atoms with Crippen molar-refractivity contribution in [3.63, 3.8) is 0 Å². The second-order valence-corrected chi connectivity index (χ2v) is 2.83. The molecular weight excluding hydrogens is 134 g/mol. The Balaban J connectivity index is 2.09. The molecule has 3 N–H and O–H groups in total. The summed E-state index contributed by atoms with van der Waals surface area (Å²) in [4.78, 5) is 0. The van der Waals surface area contributed by atoms with E-state index in [4.69, 9.17) is 15.2 Å². The van der Waals surface area contributed by atoms with Gasteiger partial charge in [-0.25, -0.2) is 0 Å². The van der Waals surface area contributed by atoms with Gasteiger partial charge in [0.15, 0.2) is 0 Å². The standard InChI is InChI=1S/C6H11NO3/c7-3-1-9-6-4(8)2-10-5(3)6/h3-6,8H,1-2,7H2/t3-,4+,5-,6+/m0/s1. The Morgan fingerprint density at radius 2 is 1.90 bits per heavy atom. The average molecular weight is 145 g/mol. The molecule has 2 saturated heterocycles. The number of aliphatic hydroxyl groups is 1. The SMILES string of the molecule is N[C@H]1CO[C@H]2[C@H]1OC[C@H]2O. The fraction of sp³-hybridized carbons (Fsp3) is 1.00. The minimum atomic E-state index is -0.474. The number of rotatable bonds is 0. The highest BCUT2D eigenvalue weighted by molar-refractivity contribution is 4.95. The summed E-state index contributed by atoms with van der Waals surface area (Å²) < 4.78 is 10.4. The van der Waals surface area contributed by atoms with Crippen LogP contribution in [-0.2, 0) is 9.47 Å². The molecule has 4 heteroatoms. The summed E-state index contributed by atoms with van der Waals surface area (Å²) in [6.45, 7) is 0.870. The van der Waals surface area contributed by atoms with Crippen LogP contribution in [0.1, 0.15) is 0 Å². The summed E-state index contributed by atoms with van der Waals surface area (Å²) in [5.41, 5.74) is 5.62. The van der Waals surface area contributed by atoms with Crippen molar-refractivity contribution in [3.8, 4) is 0 Å². The first-order valence-corrected chi connectivity index (χ1v) is 3.46.